The second-order valence-electron chi connectivity index (χ2n) is 5.97. The van der Waals surface area contributed by atoms with Crippen LogP contribution in [0.2, 0.25) is 0 Å². The van der Waals surface area contributed by atoms with Gasteiger partial charge in [-0.25, -0.2) is 4.98 Å². The molecule has 0 bridgehead atoms. The van der Waals surface area contributed by atoms with E-state index in [4.69, 9.17) is 9.47 Å². The monoisotopic (exact) mass is 293 g/mol. The molecule has 2 rings (SSSR count). The van der Waals surface area contributed by atoms with Gasteiger partial charge in [0.2, 0.25) is 5.88 Å². The van der Waals surface area contributed by atoms with Crippen molar-refractivity contribution in [1.29, 1.82) is 0 Å². The maximum atomic E-state index is 5.71. The number of ether oxygens (including phenoxy) is 2. The topological polar surface area (TPSA) is 56.3 Å². The maximum Gasteiger partial charge on any atom is 0.218 e. The van der Waals surface area contributed by atoms with Crippen molar-refractivity contribution < 1.29 is 9.47 Å². The van der Waals surface area contributed by atoms with Crippen molar-refractivity contribution in [2.45, 2.75) is 46.0 Å². The second-order valence-corrected chi connectivity index (χ2v) is 5.97. The van der Waals surface area contributed by atoms with Crippen LogP contribution in [0.4, 0.5) is 5.82 Å². The van der Waals surface area contributed by atoms with Crippen molar-refractivity contribution in [3.8, 4) is 5.88 Å². The summed E-state index contributed by atoms with van der Waals surface area (Å²) in [5.41, 5.74) is 0. The van der Waals surface area contributed by atoms with Crippen LogP contribution in [-0.2, 0) is 4.74 Å². The summed E-state index contributed by atoms with van der Waals surface area (Å²) in [6.07, 6.45) is 3.45. The lowest BCUT2D eigenvalue weighted by Crippen LogP contribution is -2.12. The molecule has 0 amide bonds. The Morgan fingerprint density at radius 2 is 2.10 bits per heavy atom. The number of nitrogens with zero attached hydrogens (tertiary/aromatic N) is 2. The first-order valence-corrected chi connectivity index (χ1v) is 8.02. The third kappa shape index (κ3) is 5.87. The molecule has 1 aromatic heterocycles. The zero-order valence-electron chi connectivity index (χ0n) is 13.4. The highest BCUT2D eigenvalue weighted by atomic mass is 16.5. The predicted molar refractivity (Wildman–Crippen MR) is 83.9 cm³/mol. The summed E-state index contributed by atoms with van der Waals surface area (Å²) in [6.45, 7) is 9.22. The number of rotatable bonds is 10. The molecular formula is C16H27N3O2. The first kappa shape index (κ1) is 16.0. The Morgan fingerprint density at radius 1 is 1.29 bits per heavy atom. The highest BCUT2D eigenvalue weighted by molar-refractivity contribution is 5.39. The molecule has 0 unspecified atom stereocenters. The van der Waals surface area contributed by atoms with Crippen LogP contribution in [0.3, 0.4) is 0 Å². The molecule has 1 aliphatic rings. The Hall–Kier alpha value is -1.36. The van der Waals surface area contributed by atoms with E-state index in [-0.39, 0.29) is 0 Å². The molecule has 118 valence electrons. The summed E-state index contributed by atoms with van der Waals surface area (Å²) in [6, 6.07) is 1.88. The maximum absolute atomic E-state index is 5.71. The van der Waals surface area contributed by atoms with Crippen LogP contribution in [0.5, 0.6) is 5.88 Å². The summed E-state index contributed by atoms with van der Waals surface area (Å²) in [5.74, 6) is 3.50. The van der Waals surface area contributed by atoms with Gasteiger partial charge in [0.1, 0.15) is 18.2 Å². The van der Waals surface area contributed by atoms with Crippen LogP contribution < -0.4 is 10.1 Å². The molecule has 21 heavy (non-hydrogen) atoms. The van der Waals surface area contributed by atoms with Gasteiger partial charge in [-0.05, 0) is 25.2 Å². The van der Waals surface area contributed by atoms with Gasteiger partial charge in [-0.3, -0.25) is 0 Å². The largest absolute Gasteiger partial charge is 0.475 e. The highest BCUT2D eigenvalue weighted by Crippen LogP contribution is 2.39. The molecule has 1 N–H and O–H groups in total. The molecule has 0 aromatic carbocycles. The quantitative estimate of drug-likeness (QED) is 0.671. The van der Waals surface area contributed by atoms with E-state index in [1.165, 1.54) is 12.8 Å². The zero-order chi connectivity index (χ0) is 15.1. The molecule has 1 aliphatic carbocycles. The lowest BCUT2D eigenvalue weighted by atomic mass is 10.2. The Balaban J connectivity index is 1.86. The Labute approximate surface area is 127 Å². The fourth-order valence-corrected chi connectivity index (χ4v) is 1.91. The van der Waals surface area contributed by atoms with Gasteiger partial charge in [0.25, 0.3) is 0 Å². The van der Waals surface area contributed by atoms with Crippen LogP contribution in [0, 0.1) is 5.92 Å². The van der Waals surface area contributed by atoms with Crippen LogP contribution >= 0.6 is 0 Å². The fourth-order valence-electron chi connectivity index (χ4n) is 1.91. The van der Waals surface area contributed by atoms with Gasteiger partial charge >= 0.3 is 0 Å². The lowest BCUT2D eigenvalue weighted by Gasteiger charge is -2.11. The Morgan fingerprint density at radius 3 is 2.76 bits per heavy atom. The molecule has 0 aliphatic heterocycles. The van der Waals surface area contributed by atoms with E-state index in [9.17, 15) is 0 Å². The van der Waals surface area contributed by atoms with E-state index < -0.39 is 0 Å². The lowest BCUT2D eigenvalue weighted by molar-refractivity contribution is 0.0805. The van der Waals surface area contributed by atoms with Gasteiger partial charge in [-0.15, -0.1) is 0 Å². The molecule has 5 nitrogen and oxygen atoms in total. The Kier molecular flexibility index (Phi) is 6.23. The molecule has 0 saturated heterocycles. The minimum atomic E-state index is 0.521. The van der Waals surface area contributed by atoms with Gasteiger partial charge in [-0.2, -0.15) is 4.98 Å². The molecular weight excluding hydrogens is 266 g/mol. The van der Waals surface area contributed by atoms with Crippen molar-refractivity contribution >= 4 is 5.82 Å². The van der Waals surface area contributed by atoms with E-state index in [1.54, 1.807) is 0 Å². The molecule has 1 aromatic rings. The van der Waals surface area contributed by atoms with Crippen LogP contribution in [0.1, 0.15) is 51.8 Å². The third-order valence-corrected chi connectivity index (χ3v) is 3.15. The second kappa shape index (κ2) is 8.17. The zero-order valence-corrected chi connectivity index (χ0v) is 13.4. The number of aromatic nitrogens is 2. The van der Waals surface area contributed by atoms with Crippen LogP contribution in [0.15, 0.2) is 6.07 Å². The van der Waals surface area contributed by atoms with Gasteiger partial charge < -0.3 is 14.8 Å². The molecule has 0 spiro atoms. The van der Waals surface area contributed by atoms with Gasteiger partial charge in [0, 0.05) is 25.1 Å². The number of hydrogen-bond donors (Lipinski definition) is 1. The summed E-state index contributed by atoms with van der Waals surface area (Å²) in [7, 11) is 0. The summed E-state index contributed by atoms with van der Waals surface area (Å²) < 4.78 is 11.2. The first-order chi connectivity index (χ1) is 10.2. The first-order valence-electron chi connectivity index (χ1n) is 8.02. The van der Waals surface area contributed by atoms with Crippen molar-refractivity contribution in [2.75, 3.05) is 31.7 Å². The molecule has 1 saturated carbocycles. The fraction of sp³-hybridized carbons (Fsp3) is 0.750. The molecule has 5 heteroatoms. The van der Waals surface area contributed by atoms with Crippen molar-refractivity contribution in [2.24, 2.45) is 5.92 Å². The molecule has 0 radical (unpaired) electrons. The van der Waals surface area contributed by atoms with Crippen molar-refractivity contribution in [3.05, 3.63) is 11.9 Å². The minimum Gasteiger partial charge on any atom is -0.475 e. The average Bonchev–Trinajstić information content (AvgIpc) is 3.29. The summed E-state index contributed by atoms with van der Waals surface area (Å²) in [4.78, 5) is 9.07. The smallest absolute Gasteiger partial charge is 0.218 e. The van der Waals surface area contributed by atoms with E-state index in [2.05, 4.69) is 36.1 Å². The van der Waals surface area contributed by atoms with E-state index in [0.29, 0.717) is 30.9 Å². The summed E-state index contributed by atoms with van der Waals surface area (Å²) >= 11 is 0. The van der Waals surface area contributed by atoms with E-state index >= 15 is 0 Å². The third-order valence-electron chi connectivity index (χ3n) is 3.15. The van der Waals surface area contributed by atoms with Gasteiger partial charge in [0.05, 0.1) is 6.61 Å². The van der Waals surface area contributed by atoms with Crippen molar-refractivity contribution in [3.63, 3.8) is 0 Å². The average molecular weight is 293 g/mol. The van der Waals surface area contributed by atoms with Crippen LogP contribution in [0.25, 0.3) is 0 Å². The SMILES string of the molecule is CCCNc1cc(OCCOCC(C)C)nc(C2CC2)n1. The van der Waals surface area contributed by atoms with Gasteiger partial charge in [0.15, 0.2) is 0 Å². The molecule has 0 atom stereocenters. The predicted octanol–water partition coefficient (Wildman–Crippen LogP) is 3.23. The number of anilines is 1. The molecule has 1 heterocycles. The van der Waals surface area contributed by atoms with Crippen LogP contribution in [-0.4, -0.2) is 36.3 Å². The summed E-state index contributed by atoms with van der Waals surface area (Å²) in [5, 5.41) is 3.31. The number of hydrogen-bond acceptors (Lipinski definition) is 5. The number of nitrogens with one attached hydrogen (secondary N) is 1. The minimum absolute atomic E-state index is 0.521. The molecule has 1 fully saturated rings. The van der Waals surface area contributed by atoms with E-state index in [0.717, 1.165) is 31.2 Å². The normalized spacial score (nSPS) is 14.5. The highest BCUT2D eigenvalue weighted by Gasteiger charge is 2.27. The van der Waals surface area contributed by atoms with Gasteiger partial charge in [-0.1, -0.05) is 20.8 Å². The van der Waals surface area contributed by atoms with Crippen molar-refractivity contribution in [1.82, 2.24) is 9.97 Å². The standard InChI is InChI=1S/C16H27N3O2/c1-4-7-17-14-10-15(19-16(18-14)13-5-6-13)21-9-8-20-11-12(2)3/h10,12-13H,4-9,11H2,1-3H3,(H,17,18,19). The Bertz CT molecular complexity index is 434. The van der Waals surface area contributed by atoms with E-state index in [1.807, 2.05) is 6.07 Å².